The van der Waals surface area contributed by atoms with Crippen molar-refractivity contribution in [3.8, 4) is 0 Å². The van der Waals surface area contributed by atoms with E-state index in [0.717, 1.165) is 37.6 Å². The number of nitrogens with two attached hydrogens (primary N) is 1. The molecule has 1 aliphatic rings. The van der Waals surface area contributed by atoms with Crippen LogP contribution >= 0.6 is 0 Å². The standard InChI is InChI=1S/C24H25FN8O/c25-18-13-27-11-10-19(18)31-24(34)21-14-28-23-20(29-16-4-2-1-3-5-16)12-22(32-33(21)23)30-17-8-6-15(26)7-9-17/h1-5,10-15,17,29H,6-9,26H2,(H,30,32)(H,27,31,34). The van der Waals surface area contributed by atoms with Crippen LogP contribution in [-0.2, 0) is 0 Å². The van der Waals surface area contributed by atoms with Crippen LogP contribution in [-0.4, -0.2) is 37.6 Å². The van der Waals surface area contributed by atoms with Gasteiger partial charge in [-0.15, -0.1) is 5.10 Å². The third-order valence-corrected chi connectivity index (χ3v) is 5.90. The van der Waals surface area contributed by atoms with Crippen molar-refractivity contribution in [3.63, 3.8) is 0 Å². The summed E-state index contributed by atoms with van der Waals surface area (Å²) < 4.78 is 15.5. The van der Waals surface area contributed by atoms with E-state index in [0.29, 0.717) is 17.2 Å². The zero-order valence-corrected chi connectivity index (χ0v) is 18.4. The Kier molecular flexibility index (Phi) is 6.05. The number of nitrogens with one attached hydrogen (secondary N) is 3. The van der Waals surface area contributed by atoms with Gasteiger partial charge in [-0.1, -0.05) is 18.2 Å². The molecule has 3 heterocycles. The van der Waals surface area contributed by atoms with Crippen molar-refractivity contribution < 1.29 is 9.18 Å². The molecule has 0 saturated heterocycles. The third-order valence-electron chi connectivity index (χ3n) is 5.90. The number of nitrogens with zero attached hydrogens (tertiary/aromatic N) is 4. The van der Waals surface area contributed by atoms with E-state index in [-0.39, 0.29) is 23.5 Å². The fourth-order valence-corrected chi connectivity index (χ4v) is 4.10. The molecule has 1 saturated carbocycles. The van der Waals surface area contributed by atoms with Crippen molar-refractivity contribution in [2.45, 2.75) is 37.8 Å². The van der Waals surface area contributed by atoms with Gasteiger partial charge in [-0.25, -0.2) is 13.9 Å². The summed E-state index contributed by atoms with van der Waals surface area (Å²) in [6.07, 6.45) is 7.67. The summed E-state index contributed by atoms with van der Waals surface area (Å²) in [4.78, 5) is 21.1. The molecule has 0 atom stereocenters. The van der Waals surface area contributed by atoms with Crippen LogP contribution in [0.4, 0.5) is 27.3 Å². The van der Waals surface area contributed by atoms with E-state index in [1.54, 1.807) is 0 Å². The van der Waals surface area contributed by atoms with E-state index >= 15 is 0 Å². The van der Waals surface area contributed by atoms with Crippen LogP contribution in [0.5, 0.6) is 0 Å². The van der Waals surface area contributed by atoms with Crippen LogP contribution in [0.25, 0.3) is 5.65 Å². The minimum Gasteiger partial charge on any atom is -0.366 e. The number of imidazole rings is 1. The smallest absolute Gasteiger partial charge is 0.276 e. The summed E-state index contributed by atoms with van der Waals surface area (Å²) in [7, 11) is 0. The molecule has 1 amide bonds. The minimum atomic E-state index is -0.623. The van der Waals surface area contributed by atoms with Crippen molar-refractivity contribution in [2.24, 2.45) is 5.73 Å². The molecule has 1 aliphatic carbocycles. The second-order valence-corrected chi connectivity index (χ2v) is 8.38. The van der Waals surface area contributed by atoms with Gasteiger partial charge in [-0.3, -0.25) is 9.78 Å². The van der Waals surface area contributed by atoms with Crippen molar-refractivity contribution in [1.29, 1.82) is 0 Å². The molecule has 10 heteroatoms. The number of para-hydroxylation sites is 1. The maximum atomic E-state index is 14.0. The predicted octanol–water partition coefficient (Wildman–Crippen LogP) is 3.94. The van der Waals surface area contributed by atoms with Gasteiger partial charge in [0.25, 0.3) is 5.91 Å². The molecule has 3 aromatic heterocycles. The summed E-state index contributed by atoms with van der Waals surface area (Å²) in [6, 6.07) is 13.4. The van der Waals surface area contributed by atoms with Crippen LogP contribution in [0.2, 0.25) is 0 Å². The Morgan fingerprint density at radius 3 is 2.62 bits per heavy atom. The lowest BCUT2D eigenvalue weighted by Crippen LogP contribution is -2.33. The van der Waals surface area contributed by atoms with Gasteiger partial charge < -0.3 is 21.7 Å². The Morgan fingerprint density at radius 2 is 1.85 bits per heavy atom. The van der Waals surface area contributed by atoms with E-state index in [2.05, 4.69) is 31.0 Å². The SMILES string of the molecule is NC1CCC(Nc2cc(Nc3ccccc3)c3ncc(C(=O)Nc4ccncc4F)n3n2)CC1. The molecule has 5 N–H and O–H groups in total. The Balaban J connectivity index is 1.50. The lowest BCUT2D eigenvalue weighted by atomic mass is 9.92. The first-order chi connectivity index (χ1) is 16.6. The molecule has 0 unspecified atom stereocenters. The third kappa shape index (κ3) is 4.67. The van der Waals surface area contributed by atoms with Crippen LogP contribution in [0.15, 0.2) is 61.1 Å². The van der Waals surface area contributed by atoms with Crippen molar-refractivity contribution >= 4 is 34.4 Å². The molecule has 34 heavy (non-hydrogen) atoms. The average Bonchev–Trinajstić information content (AvgIpc) is 3.27. The van der Waals surface area contributed by atoms with Gasteiger partial charge in [0.05, 0.1) is 23.8 Å². The molecule has 1 aromatic carbocycles. The van der Waals surface area contributed by atoms with Crippen LogP contribution in [0.3, 0.4) is 0 Å². The molecule has 0 aliphatic heterocycles. The maximum absolute atomic E-state index is 14.0. The lowest BCUT2D eigenvalue weighted by Gasteiger charge is -2.27. The number of benzene rings is 1. The molecule has 0 spiro atoms. The number of hydrogen-bond donors (Lipinski definition) is 4. The highest BCUT2D eigenvalue weighted by atomic mass is 19.1. The van der Waals surface area contributed by atoms with Crippen molar-refractivity contribution in [3.05, 3.63) is 72.6 Å². The van der Waals surface area contributed by atoms with E-state index < -0.39 is 11.7 Å². The lowest BCUT2D eigenvalue weighted by molar-refractivity contribution is 0.102. The van der Waals surface area contributed by atoms with Gasteiger partial charge in [-0.2, -0.15) is 0 Å². The summed E-state index contributed by atoms with van der Waals surface area (Å²) in [5.41, 5.74) is 8.29. The number of pyridine rings is 1. The van der Waals surface area contributed by atoms with E-state index in [9.17, 15) is 9.18 Å². The number of rotatable bonds is 6. The first-order valence-corrected chi connectivity index (χ1v) is 11.2. The predicted molar refractivity (Wildman–Crippen MR) is 129 cm³/mol. The molecule has 0 radical (unpaired) electrons. The number of fused-ring (bicyclic) bond motifs is 1. The van der Waals surface area contributed by atoms with E-state index in [1.807, 2.05) is 36.4 Å². The van der Waals surface area contributed by atoms with E-state index in [4.69, 9.17) is 5.73 Å². The summed E-state index contributed by atoms with van der Waals surface area (Å²) in [5, 5.41) is 14.0. The molecule has 174 valence electrons. The zero-order valence-electron chi connectivity index (χ0n) is 18.4. The highest BCUT2D eigenvalue weighted by molar-refractivity contribution is 6.03. The number of carbonyl (C=O) groups is 1. The van der Waals surface area contributed by atoms with Crippen LogP contribution < -0.4 is 21.7 Å². The fraction of sp³-hybridized carbons (Fsp3) is 0.250. The minimum absolute atomic E-state index is 0.0328. The summed E-state index contributed by atoms with van der Waals surface area (Å²) in [6.45, 7) is 0. The number of amides is 1. The van der Waals surface area contributed by atoms with Crippen molar-refractivity contribution in [2.75, 3.05) is 16.0 Å². The van der Waals surface area contributed by atoms with Gasteiger partial charge in [-0.05, 0) is 43.9 Å². The second-order valence-electron chi connectivity index (χ2n) is 8.38. The van der Waals surface area contributed by atoms with Gasteiger partial charge in [0.2, 0.25) is 0 Å². The highest BCUT2D eigenvalue weighted by Crippen LogP contribution is 2.27. The largest absolute Gasteiger partial charge is 0.366 e. The zero-order chi connectivity index (χ0) is 23.5. The summed E-state index contributed by atoms with van der Waals surface area (Å²) in [5.74, 6) is -0.549. The average molecular weight is 461 g/mol. The second kappa shape index (κ2) is 9.44. The number of halogens is 1. The molecular formula is C24H25FN8O. The number of anilines is 4. The van der Waals surface area contributed by atoms with Gasteiger partial charge >= 0.3 is 0 Å². The summed E-state index contributed by atoms with van der Waals surface area (Å²) >= 11 is 0. The molecule has 5 rings (SSSR count). The number of aromatic nitrogens is 4. The van der Waals surface area contributed by atoms with Crippen molar-refractivity contribution in [1.82, 2.24) is 19.6 Å². The first-order valence-electron chi connectivity index (χ1n) is 11.2. The Hall–Kier alpha value is -4.05. The normalized spacial score (nSPS) is 17.9. The maximum Gasteiger partial charge on any atom is 0.276 e. The van der Waals surface area contributed by atoms with Gasteiger partial charge in [0.1, 0.15) is 5.82 Å². The van der Waals surface area contributed by atoms with E-state index in [1.165, 1.54) is 23.0 Å². The van der Waals surface area contributed by atoms with Gasteiger partial charge in [0, 0.05) is 30.0 Å². The Labute approximate surface area is 195 Å². The highest BCUT2D eigenvalue weighted by Gasteiger charge is 2.22. The van der Waals surface area contributed by atoms with Crippen LogP contribution in [0, 0.1) is 5.82 Å². The first kappa shape index (κ1) is 21.8. The number of carbonyl (C=O) groups excluding carboxylic acids is 1. The van der Waals surface area contributed by atoms with Gasteiger partial charge in [0.15, 0.2) is 17.2 Å². The Bertz CT molecular complexity index is 1300. The number of hydrogen-bond acceptors (Lipinski definition) is 7. The quantitative estimate of drug-likeness (QED) is 0.344. The monoisotopic (exact) mass is 460 g/mol. The molecular weight excluding hydrogens is 435 g/mol. The van der Waals surface area contributed by atoms with Crippen LogP contribution in [0.1, 0.15) is 36.2 Å². The molecule has 4 aromatic rings. The molecule has 9 nitrogen and oxygen atoms in total. The topological polar surface area (TPSA) is 122 Å². The molecule has 1 fully saturated rings. The Morgan fingerprint density at radius 1 is 1.06 bits per heavy atom. The fourth-order valence-electron chi connectivity index (χ4n) is 4.10. The molecule has 0 bridgehead atoms.